The molecule has 41 heavy (non-hydrogen) atoms. The largest absolute Gasteiger partial charge is 0.486 e. The van der Waals surface area contributed by atoms with E-state index in [1.807, 2.05) is 4.57 Å². The van der Waals surface area contributed by atoms with E-state index in [2.05, 4.69) is 5.32 Å². The third kappa shape index (κ3) is 7.63. The number of aromatic nitrogens is 3. The van der Waals surface area contributed by atoms with Crippen LogP contribution < -0.4 is 10.1 Å². The molecule has 13 nitrogen and oxygen atoms in total. The molecule has 2 aliphatic rings. The van der Waals surface area contributed by atoms with E-state index in [4.69, 9.17) is 52.6 Å². The van der Waals surface area contributed by atoms with Crippen LogP contribution in [-0.2, 0) is 44.7 Å². The Labute approximate surface area is 246 Å². The van der Waals surface area contributed by atoms with Crippen LogP contribution in [0.4, 0.5) is 0 Å². The molecule has 4 rings (SSSR count). The number of nitrogens with one attached hydrogen (secondary N) is 1. The third-order valence-electron chi connectivity index (χ3n) is 6.33. The maximum Gasteiger partial charge on any atom is 0.303 e. The molecule has 1 aromatic heterocycles. The van der Waals surface area contributed by atoms with Gasteiger partial charge in [-0.3, -0.25) is 23.7 Å². The van der Waals surface area contributed by atoms with Crippen molar-refractivity contribution in [3.8, 4) is 5.75 Å². The van der Waals surface area contributed by atoms with Crippen LogP contribution in [0.25, 0.3) is 0 Å². The van der Waals surface area contributed by atoms with Crippen molar-refractivity contribution in [2.45, 2.75) is 83.8 Å². The van der Waals surface area contributed by atoms with Gasteiger partial charge in [-0.2, -0.15) is 5.10 Å². The number of halogens is 1. The lowest BCUT2D eigenvalue weighted by atomic mass is 9.95. The van der Waals surface area contributed by atoms with Gasteiger partial charge in [-0.25, -0.2) is 4.68 Å². The number of carbonyl (C=O) groups excluding carboxylic acids is 4. The molecule has 1 N–H and O–H groups in total. The van der Waals surface area contributed by atoms with Crippen LogP contribution in [0, 0.1) is 4.77 Å². The average molecular weight is 611 g/mol. The summed E-state index contributed by atoms with van der Waals surface area (Å²) in [6.45, 7) is 4.57. The van der Waals surface area contributed by atoms with Crippen LogP contribution in [0.15, 0.2) is 24.3 Å². The number of benzene rings is 1. The highest BCUT2D eigenvalue weighted by Crippen LogP contribution is 2.38. The summed E-state index contributed by atoms with van der Waals surface area (Å²) in [4.78, 5) is 48.2. The standard InChI is InChI=1S/C26H31ClN4O9S/c1-13(32)28-22-24(39-16(4)35)23(38-15(3)34)20(11-36-14(2)33)40-25(22)31-26(41)30(18-7-8-18)21(29-31)12-37-19-9-5-17(27)6-10-19/h5-6,9-10,18,20,22-25H,7-8,11-12H2,1-4H3,(H,28,32)/t20-,22-,23-,24-,25-/m1/s1. The molecular weight excluding hydrogens is 580 g/mol. The van der Waals surface area contributed by atoms with E-state index in [-0.39, 0.29) is 24.0 Å². The summed E-state index contributed by atoms with van der Waals surface area (Å²) >= 11 is 11.8. The quantitative estimate of drug-likeness (QED) is 0.240. The Balaban J connectivity index is 1.76. The molecule has 0 unspecified atom stereocenters. The van der Waals surface area contributed by atoms with Crippen LogP contribution in [0.1, 0.15) is 58.6 Å². The van der Waals surface area contributed by atoms with E-state index in [9.17, 15) is 19.2 Å². The second-order valence-corrected chi connectivity index (χ2v) is 10.5. The molecular formula is C26H31ClN4O9S. The molecule has 1 aliphatic heterocycles. The van der Waals surface area contributed by atoms with Crippen LogP contribution in [-0.4, -0.2) is 69.1 Å². The monoisotopic (exact) mass is 610 g/mol. The normalized spacial score (nSPS) is 23.8. The number of nitrogens with zero attached hydrogens (tertiary/aromatic N) is 3. The Bertz CT molecular complexity index is 1360. The third-order valence-corrected chi connectivity index (χ3v) is 6.96. The smallest absolute Gasteiger partial charge is 0.303 e. The zero-order chi connectivity index (χ0) is 29.8. The minimum absolute atomic E-state index is 0.0621. The summed E-state index contributed by atoms with van der Waals surface area (Å²) in [7, 11) is 0. The van der Waals surface area contributed by atoms with Crippen molar-refractivity contribution in [2.24, 2.45) is 0 Å². The van der Waals surface area contributed by atoms with Gasteiger partial charge in [0.2, 0.25) is 10.7 Å². The number of carbonyl (C=O) groups is 4. The molecule has 1 saturated heterocycles. The summed E-state index contributed by atoms with van der Waals surface area (Å²) in [5.41, 5.74) is 0. The highest BCUT2D eigenvalue weighted by molar-refractivity contribution is 7.71. The lowest BCUT2D eigenvalue weighted by molar-refractivity contribution is -0.239. The molecule has 5 atom stereocenters. The van der Waals surface area contributed by atoms with Crippen LogP contribution in [0.3, 0.4) is 0 Å². The van der Waals surface area contributed by atoms with Gasteiger partial charge in [-0.05, 0) is 49.3 Å². The SMILES string of the molecule is CC(=O)N[C@@H]1[C@@H](OC(C)=O)[C@H](OC(C)=O)[C@@H](COC(C)=O)O[C@H]1n1nc(COc2ccc(Cl)cc2)n(C2CC2)c1=S. The van der Waals surface area contributed by atoms with E-state index >= 15 is 0 Å². The summed E-state index contributed by atoms with van der Waals surface area (Å²) in [5, 5.41) is 8.01. The lowest BCUT2D eigenvalue weighted by Crippen LogP contribution is -2.64. The zero-order valence-electron chi connectivity index (χ0n) is 22.9. The number of amides is 1. The Morgan fingerprint density at radius 2 is 1.66 bits per heavy atom. The van der Waals surface area contributed by atoms with Crippen LogP contribution in [0.2, 0.25) is 5.02 Å². The van der Waals surface area contributed by atoms with Gasteiger partial charge in [0.15, 0.2) is 24.3 Å². The first kappa shape index (κ1) is 30.5. The Hall–Kier alpha value is -3.49. The van der Waals surface area contributed by atoms with Gasteiger partial charge in [-0.1, -0.05) is 11.6 Å². The summed E-state index contributed by atoms with van der Waals surface area (Å²) < 4.78 is 32.0. The van der Waals surface area contributed by atoms with Crippen LogP contribution >= 0.6 is 23.8 Å². The topological polar surface area (TPSA) is 149 Å². The summed E-state index contributed by atoms with van der Waals surface area (Å²) in [6.07, 6.45) is -2.93. The molecule has 1 amide bonds. The molecule has 1 aromatic carbocycles. The van der Waals surface area contributed by atoms with E-state index in [1.54, 1.807) is 24.3 Å². The van der Waals surface area contributed by atoms with Gasteiger partial charge in [0.05, 0.1) is 0 Å². The zero-order valence-corrected chi connectivity index (χ0v) is 24.5. The van der Waals surface area contributed by atoms with Gasteiger partial charge >= 0.3 is 17.9 Å². The van der Waals surface area contributed by atoms with Crippen molar-refractivity contribution in [1.29, 1.82) is 0 Å². The Morgan fingerprint density at radius 3 is 2.22 bits per heavy atom. The highest BCUT2D eigenvalue weighted by atomic mass is 35.5. The lowest BCUT2D eigenvalue weighted by Gasteiger charge is -2.45. The van der Waals surface area contributed by atoms with Crippen LogP contribution in [0.5, 0.6) is 5.75 Å². The second-order valence-electron chi connectivity index (χ2n) is 9.73. The molecule has 0 spiro atoms. The van der Waals surface area contributed by atoms with Gasteiger partial charge in [0.1, 0.15) is 31.1 Å². The number of rotatable bonds is 10. The van der Waals surface area contributed by atoms with Gasteiger partial charge in [0.25, 0.3) is 0 Å². The molecule has 222 valence electrons. The fraction of sp³-hybridized carbons (Fsp3) is 0.538. The van der Waals surface area contributed by atoms with Gasteiger partial charge in [0, 0.05) is 38.8 Å². The molecule has 2 aromatic rings. The first-order valence-electron chi connectivity index (χ1n) is 12.9. The molecule has 2 heterocycles. The van der Waals surface area contributed by atoms with E-state index in [0.29, 0.717) is 16.6 Å². The van der Waals surface area contributed by atoms with Gasteiger partial charge in [-0.15, -0.1) is 0 Å². The summed E-state index contributed by atoms with van der Waals surface area (Å²) in [6, 6.07) is 5.87. The van der Waals surface area contributed by atoms with Crippen molar-refractivity contribution < 1.29 is 42.9 Å². The second kappa shape index (κ2) is 13.0. The van der Waals surface area contributed by atoms with Crippen molar-refractivity contribution in [2.75, 3.05) is 6.61 Å². The fourth-order valence-corrected chi connectivity index (χ4v) is 5.12. The number of hydrogen-bond acceptors (Lipinski definition) is 11. The van der Waals surface area contributed by atoms with E-state index < -0.39 is 54.4 Å². The van der Waals surface area contributed by atoms with Crippen molar-refractivity contribution in [3.63, 3.8) is 0 Å². The van der Waals surface area contributed by atoms with Crippen molar-refractivity contribution in [1.82, 2.24) is 19.7 Å². The predicted molar refractivity (Wildman–Crippen MR) is 144 cm³/mol. The fourth-order valence-electron chi connectivity index (χ4n) is 4.60. The maximum atomic E-state index is 12.3. The van der Waals surface area contributed by atoms with Gasteiger partial charge < -0.3 is 29.0 Å². The number of esters is 3. The molecule has 0 bridgehead atoms. The minimum Gasteiger partial charge on any atom is -0.486 e. The van der Waals surface area contributed by atoms with E-state index in [0.717, 1.165) is 12.8 Å². The highest BCUT2D eigenvalue weighted by Gasteiger charge is 2.52. The van der Waals surface area contributed by atoms with Crippen molar-refractivity contribution >= 4 is 47.6 Å². The average Bonchev–Trinajstić information content (AvgIpc) is 3.67. The number of hydrogen-bond donors (Lipinski definition) is 1. The molecule has 15 heteroatoms. The van der Waals surface area contributed by atoms with E-state index in [1.165, 1.54) is 32.4 Å². The molecule has 1 aliphatic carbocycles. The van der Waals surface area contributed by atoms with Crippen molar-refractivity contribution in [3.05, 3.63) is 39.9 Å². The first-order valence-corrected chi connectivity index (χ1v) is 13.7. The minimum atomic E-state index is -1.23. The molecule has 2 fully saturated rings. The maximum absolute atomic E-state index is 12.3. The molecule has 0 radical (unpaired) electrons. The number of ether oxygens (including phenoxy) is 5. The molecule has 1 saturated carbocycles. The predicted octanol–water partition coefficient (Wildman–Crippen LogP) is 2.81. The summed E-state index contributed by atoms with van der Waals surface area (Å²) in [5.74, 6) is -1.39. The first-order chi connectivity index (χ1) is 19.4. The Kier molecular flexibility index (Phi) is 9.66. The Morgan fingerprint density at radius 1 is 1.02 bits per heavy atom.